The Labute approximate surface area is 177 Å². The maximum atomic E-state index is 12.5. The van der Waals surface area contributed by atoms with E-state index in [1.807, 2.05) is 0 Å². The van der Waals surface area contributed by atoms with Gasteiger partial charge in [-0.05, 0) is 88.3 Å². The third-order valence-corrected chi connectivity index (χ3v) is 5.79. The third-order valence-electron chi connectivity index (χ3n) is 5.59. The molecular formula is C22H29N3O3S. The molecule has 0 aromatic heterocycles. The molecule has 1 aromatic carbocycles. The topological polar surface area (TPSA) is 70.7 Å². The lowest BCUT2D eigenvalue weighted by molar-refractivity contribution is -0.115. The number of piperidine rings is 2. The number of hydrogen-bond acceptors (Lipinski definition) is 5. The van der Waals surface area contributed by atoms with Crippen molar-refractivity contribution in [1.82, 2.24) is 10.2 Å². The molecule has 0 radical (unpaired) electrons. The molecule has 2 saturated heterocycles. The lowest BCUT2D eigenvalue weighted by atomic mass is 9.84. The molecule has 156 valence electrons. The number of ether oxygens (including phenoxy) is 1. The van der Waals surface area contributed by atoms with Crippen molar-refractivity contribution in [3.63, 3.8) is 0 Å². The largest absolute Gasteiger partial charge is 0.462 e. The van der Waals surface area contributed by atoms with Gasteiger partial charge in [0.05, 0.1) is 12.2 Å². The van der Waals surface area contributed by atoms with Gasteiger partial charge < -0.3 is 10.1 Å². The first-order chi connectivity index (χ1) is 14.1. The number of carbonyl (C=O) groups excluding carboxylic acids is 2. The van der Waals surface area contributed by atoms with Crippen molar-refractivity contribution in [3.8, 4) is 0 Å². The third kappa shape index (κ3) is 6.11. The second-order valence-electron chi connectivity index (χ2n) is 7.62. The first-order valence-corrected chi connectivity index (χ1v) is 10.7. The molecule has 1 aromatic rings. The molecule has 29 heavy (non-hydrogen) atoms. The van der Waals surface area contributed by atoms with E-state index >= 15 is 0 Å². The Morgan fingerprint density at radius 3 is 2.69 bits per heavy atom. The van der Waals surface area contributed by atoms with Crippen LogP contribution in [0.2, 0.25) is 0 Å². The summed E-state index contributed by atoms with van der Waals surface area (Å²) in [7, 11) is 0. The van der Waals surface area contributed by atoms with Crippen LogP contribution in [-0.4, -0.2) is 47.6 Å². The summed E-state index contributed by atoms with van der Waals surface area (Å²) in [4.78, 5) is 26.5. The van der Waals surface area contributed by atoms with E-state index in [-0.39, 0.29) is 17.0 Å². The van der Waals surface area contributed by atoms with E-state index in [1.165, 1.54) is 44.8 Å². The van der Waals surface area contributed by atoms with Crippen LogP contribution in [0.4, 0.5) is 5.69 Å². The van der Waals surface area contributed by atoms with E-state index < -0.39 is 0 Å². The number of nitrogens with one attached hydrogen (secondary N) is 2. The molecule has 2 aliphatic heterocycles. The zero-order valence-corrected chi connectivity index (χ0v) is 17.7. The standard InChI is InChI=1S/C22H29N3O3S/c1-2-6-20(26)24-22(29)23-18-11-9-16(10-12-18)21(27)28-15-17-7-5-14-25-13-4-3-8-19(17)25/h2,6,9-12,17,19H,3-5,7-8,13-15H2,1H3,(H2,23,24,26,29)/b6-2+/t17-,19-/m0/s1. The molecule has 0 spiro atoms. The number of thiocarbonyl (C=S) groups is 1. The first kappa shape index (κ1) is 21.5. The van der Waals surface area contributed by atoms with Gasteiger partial charge >= 0.3 is 5.97 Å². The number of allylic oxidation sites excluding steroid dienone is 1. The molecule has 0 unspecified atom stereocenters. The van der Waals surface area contributed by atoms with Crippen LogP contribution in [0.3, 0.4) is 0 Å². The summed E-state index contributed by atoms with van der Waals surface area (Å²) in [5, 5.41) is 5.67. The number of rotatable bonds is 5. The average Bonchev–Trinajstić information content (AvgIpc) is 2.72. The highest BCUT2D eigenvalue weighted by Gasteiger charge is 2.33. The Balaban J connectivity index is 1.48. The minimum Gasteiger partial charge on any atom is -0.462 e. The summed E-state index contributed by atoms with van der Waals surface area (Å²) in [5.41, 5.74) is 1.20. The fourth-order valence-electron chi connectivity index (χ4n) is 4.19. The molecular weight excluding hydrogens is 386 g/mol. The maximum Gasteiger partial charge on any atom is 0.338 e. The van der Waals surface area contributed by atoms with Gasteiger partial charge in [0.15, 0.2) is 5.11 Å². The average molecular weight is 416 g/mol. The zero-order valence-electron chi connectivity index (χ0n) is 16.9. The molecule has 0 saturated carbocycles. The van der Waals surface area contributed by atoms with Crippen LogP contribution >= 0.6 is 12.2 Å². The van der Waals surface area contributed by atoms with E-state index in [1.54, 1.807) is 37.3 Å². The minimum absolute atomic E-state index is 0.206. The number of esters is 1. The molecule has 2 heterocycles. The van der Waals surface area contributed by atoms with Crippen LogP contribution in [0, 0.1) is 5.92 Å². The predicted octanol–water partition coefficient (Wildman–Crippen LogP) is 3.50. The Bertz CT molecular complexity index is 761. The van der Waals surface area contributed by atoms with E-state index in [9.17, 15) is 9.59 Å². The van der Waals surface area contributed by atoms with Crippen molar-refractivity contribution in [2.45, 2.75) is 45.1 Å². The SMILES string of the molecule is C/C=C/C(=O)NC(=S)Nc1ccc(C(=O)OC[C@@H]2CCCN3CCCC[C@@H]23)cc1. The van der Waals surface area contributed by atoms with Crippen LogP contribution in [0.25, 0.3) is 0 Å². The number of benzene rings is 1. The number of anilines is 1. The summed E-state index contributed by atoms with van der Waals surface area (Å²) in [5.74, 6) is -0.148. The summed E-state index contributed by atoms with van der Waals surface area (Å²) in [6.45, 7) is 4.61. The highest BCUT2D eigenvalue weighted by atomic mass is 32.1. The second-order valence-corrected chi connectivity index (χ2v) is 8.03. The quantitative estimate of drug-likeness (QED) is 0.436. The highest BCUT2D eigenvalue weighted by Crippen LogP contribution is 2.31. The first-order valence-electron chi connectivity index (χ1n) is 10.3. The van der Waals surface area contributed by atoms with E-state index in [4.69, 9.17) is 17.0 Å². The van der Waals surface area contributed by atoms with Crippen LogP contribution in [0.5, 0.6) is 0 Å². The van der Waals surface area contributed by atoms with Crippen molar-refractivity contribution in [2.24, 2.45) is 5.92 Å². The molecule has 2 atom stereocenters. The van der Waals surface area contributed by atoms with Crippen molar-refractivity contribution in [2.75, 3.05) is 25.0 Å². The van der Waals surface area contributed by atoms with Crippen molar-refractivity contribution in [1.29, 1.82) is 0 Å². The molecule has 1 amide bonds. The van der Waals surface area contributed by atoms with E-state index in [0.29, 0.717) is 29.8 Å². The van der Waals surface area contributed by atoms with Gasteiger partial charge in [-0.15, -0.1) is 0 Å². The maximum absolute atomic E-state index is 12.5. The van der Waals surface area contributed by atoms with Gasteiger partial charge in [0.1, 0.15) is 0 Å². The van der Waals surface area contributed by atoms with Crippen molar-refractivity contribution in [3.05, 3.63) is 42.0 Å². The van der Waals surface area contributed by atoms with Gasteiger partial charge in [-0.25, -0.2) is 4.79 Å². The summed E-state index contributed by atoms with van der Waals surface area (Å²) >= 11 is 5.10. The van der Waals surface area contributed by atoms with Crippen LogP contribution in [0.15, 0.2) is 36.4 Å². The number of fused-ring (bicyclic) bond motifs is 1. The lowest BCUT2D eigenvalue weighted by Crippen LogP contribution is -2.49. The van der Waals surface area contributed by atoms with E-state index in [0.717, 1.165) is 6.42 Å². The normalized spacial score (nSPS) is 22.0. The summed E-state index contributed by atoms with van der Waals surface area (Å²) in [6, 6.07) is 7.46. The molecule has 6 nitrogen and oxygen atoms in total. The van der Waals surface area contributed by atoms with Crippen molar-refractivity contribution < 1.29 is 14.3 Å². The number of amides is 1. The molecule has 2 N–H and O–H groups in total. The molecule has 0 bridgehead atoms. The van der Waals surface area contributed by atoms with Gasteiger partial charge in [0.25, 0.3) is 0 Å². The predicted molar refractivity (Wildman–Crippen MR) is 118 cm³/mol. The Hall–Kier alpha value is -2.25. The van der Waals surface area contributed by atoms with Gasteiger partial charge in [-0.3, -0.25) is 15.0 Å². The minimum atomic E-state index is -0.298. The Morgan fingerprint density at radius 2 is 1.93 bits per heavy atom. The Kier molecular flexibility index (Phi) is 7.77. The molecule has 3 rings (SSSR count). The molecule has 0 aliphatic carbocycles. The highest BCUT2D eigenvalue weighted by molar-refractivity contribution is 7.80. The zero-order chi connectivity index (χ0) is 20.6. The fraction of sp³-hybridized carbons (Fsp3) is 0.500. The Morgan fingerprint density at radius 1 is 1.17 bits per heavy atom. The van der Waals surface area contributed by atoms with Crippen LogP contribution in [-0.2, 0) is 9.53 Å². The fourth-order valence-corrected chi connectivity index (χ4v) is 4.41. The smallest absolute Gasteiger partial charge is 0.338 e. The van der Waals surface area contributed by atoms with Gasteiger partial charge in [0.2, 0.25) is 5.91 Å². The van der Waals surface area contributed by atoms with Gasteiger partial charge in [0, 0.05) is 17.6 Å². The molecule has 2 fully saturated rings. The van der Waals surface area contributed by atoms with E-state index in [2.05, 4.69) is 15.5 Å². The van der Waals surface area contributed by atoms with Crippen LogP contribution < -0.4 is 10.6 Å². The lowest BCUT2D eigenvalue weighted by Gasteiger charge is -2.44. The molecule has 2 aliphatic rings. The van der Waals surface area contributed by atoms with Crippen LogP contribution in [0.1, 0.15) is 49.4 Å². The van der Waals surface area contributed by atoms with Gasteiger partial charge in [-0.1, -0.05) is 12.5 Å². The number of carbonyl (C=O) groups is 2. The summed E-state index contributed by atoms with van der Waals surface area (Å²) in [6.07, 6.45) is 9.12. The molecule has 7 heteroatoms. The number of hydrogen-bond donors (Lipinski definition) is 2. The summed E-state index contributed by atoms with van der Waals surface area (Å²) < 4.78 is 5.64. The number of nitrogens with zero attached hydrogens (tertiary/aromatic N) is 1. The van der Waals surface area contributed by atoms with Gasteiger partial charge in [-0.2, -0.15) is 0 Å². The van der Waals surface area contributed by atoms with Crippen molar-refractivity contribution >= 4 is 34.9 Å². The monoisotopic (exact) mass is 415 g/mol. The second kappa shape index (κ2) is 10.5.